The van der Waals surface area contributed by atoms with E-state index in [1.165, 1.54) is 16.7 Å². The van der Waals surface area contributed by atoms with Crippen LogP contribution in [0.4, 0.5) is 0 Å². The SMILES string of the molecule is Cc1cc2[c](c(C(C)(C)C)c1C)[Sb]([CH3])[c]1ccccc1-2. The van der Waals surface area contributed by atoms with Crippen LogP contribution in [0.15, 0.2) is 30.3 Å². The van der Waals surface area contributed by atoms with Crippen molar-refractivity contribution in [2.45, 2.75) is 44.9 Å². The van der Waals surface area contributed by atoms with Gasteiger partial charge >= 0.3 is 130 Å². The van der Waals surface area contributed by atoms with E-state index < -0.39 is 20.2 Å². The van der Waals surface area contributed by atoms with Crippen molar-refractivity contribution >= 4 is 27.2 Å². The molecule has 0 saturated carbocycles. The summed E-state index contributed by atoms with van der Waals surface area (Å²) in [5.41, 5.74) is 7.88. The molecule has 1 aliphatic heterocycles. The number of aryl methyl sites for hydroxylation is 1. The van der Waals surface area contributed by atoms with Crippen LogP contribution >= 0.6 is 0 Å². The topological polar surface area (TPSA) is 0 Å². The van der Waals surface area contributed by atoms with Crippen molar-refractivity contribution in [1.82, 2.24) is 0 Å². The number of benzene rings is 2. The Hall–Kier alpha value is -0.742. The zero-order valence-corrected chi connectivity index (χ0v) is 15.9. The van der Waals surface area contributed by atoms with E-state index >= 15 is 0 Å². The number of rotatable bonds is 0. The van der Waals surface area contributed by atoms with Crippen LogP contribution in [0.5, 0.6) is 0 Å². The maximum atomic E-state index is 2.54. The zero-order chi connectivity index (χ0) is 14.7. The summed E-state index contributed by atoms with van der Waals surface area (Å²) in [6.45, 7) is 11.7. The Kier molecular flexibility index (Phi) is 3.29. The molecule has 0 amide bonds. The van der Waals surface area contributed by atoms with Crippen LogP contribution in [-0.2, 0) is 5.41 Å². The maximum absolute atomic E-state index is 2.54. The number of fused-ring (bicyclic) bond motifs is 3. The Balaban J connectivity index is 2.41. The first kappa shape index (κ1) is 14.2. The van der Waals surface area contributed by atoms with Crippen molar-refractivity contribution in [2.24, 2.45) is 0 Å². The normalized spacial score (nSPS) is 14.3. The van der Waals surface area contributed by atoms with Crippen LogP contribution < -0.4 is 7.02 Å². The number of hydrogen-bond donors (Lipinski definition) is 0. The fourth-order valence-electron chi connectivity index (χ4n) is 3.49. The molecule has 0 fully saturated rings. The van der Waals surface area contributed by atoms with Gasteiger partial charge in [-0.05, 0) is 0 Å². The molecule has 0 aliphatic carbocycles. The van der Waals surface area contributed by atoms with Gasteiger partial charge in [0.1, 0.15) is 0 Å². The number of hydrogen-bond acceptors (Lipinski definition) is 0. The van der Waals surface area contributed by atoms with Crippen LogP contribution in [0.2, 0.25) is 4.87 Å². The average molecular weight is 373 g/mol. The van der Waals surface area contributed by atoms with E-state index in [0.29, 0.717) is 0 Å². The Morgan fingerprint density at radius 1 is 0.950 bits per heavy atom. The zero-order valence-electron chi connectivity index (χ0n) is 13.3. The molecule has 0 unspecified atom stereocenters. The van der Waals surface area contributed by atoms with Crippen LogP contribution in [0, 0.1) is 13.8 Å². The molecule has 0 aromatic heterocycles. The first-order valence-electron chi connectivity index (χ1n) is 7.30. The van der Waals surface area contributed by atoms with Crippen LogP contribution in [0.1, 0.15) is 37.5 Å². The summed E-state index contributed by atoms with van der Waals surface area (Å²) in [6.07, 6.45) is 0. The molecule has 0 N–H and O–H groups in total. The van der Waals surface area contributed by atoms with Crippen molar-refractivity contribution in [3.05, 3.63) is 47.0 Å². The summed E-state index contributed by atoms with van der Waals surface area (Å²) in [4.78, 5) is 2.54. The van der Waals surface area contributed by atoms with Gasteiger partial charge in [0, 0.05) is 0 Å². The van der Waals surface area contributed by atoms with Crippen molar-refractivity contribution < 1.29 is 0 Å². The molecule has 2 aromatic rings. The molecular formula is C19H23Sb. The van der Waals surface area contributed by atoms with Crippen LogP contribution in [0.25, 0.3) is 11.1 Å². The van der Waals surface area contributed by atoms with E-state index in [9.17, 15) is 0 Å². The first-order chi connectivity index (χ1) is 9.32. The third-order valence-electron chi connectivity index (χ3n) is 4.46. The fraction of sp³-hybridized carbons (Fsp3) is 0.368. The molecule has 1 heterocycles. The van der Waals surface area contributed by atoms with Gasteiger partial charge in [-0.2, -0.15) is 0 Å². The molecule has 20 heavy (non-hydrogen) atoms. The minimum atomic E-state index is -1.53. The Morgan fingerprint density at radius 2 is 1.60 bits per heavy atom. The van der Waals surface area contributed by atoms with E-state index in [2.05, 4.69) is 69.8 Å². The van der Waals surface area contributed by atoms with E-state index in [1.807, 2.05) is 0 Å². The van der Waals surface area contributed by atoms with Crippen molar-refractivity contribution in [3.63, 3.8) is 0 Å². The Labute approximate surface area is 130 Å². The molecule has 0 atom stereocenters. The molecule has 0 bridgehead atoms. The van der Waals surface area contributed by atoms with Crippen molar-refractivity contribution in [2.75, 3.05) is 0 Å². The molecule has 104 valence electrons. The van der Waals surface area contributed by atoms with Gasteiger partial charge < -0.3 is 0 Å². The third kappa shape index (κ3) is 1.96. The second kappa shape index (κ2) is 4.63. The van der Waals surface area contributed by atoms with Gasteiger partial charge in [-0.3, -0.25) is 0 Å². The van der Waals surface area contributed by atoms with E-state index in [1.54, 1.807) is 18.1 Å². The molecule has 3 rings (SSSR count). The van der Waals surface area contributed by atoms with E-state index in [4.69, 9.17) is 0 Å². The Morgan fingerprint density at radius 3 is 2.25 bits per heavy atom. The first-order valence-corrected chi connectivity index (χ1v) is 12.4. The van der Waals surface area contributed by atoms with Crippen molar-refractivity contribution in [3.8, 4) is 11.1 Å². The monoisotopic (exact) mass is 372 g/mol. The third-order valence-corrected chi connectivity index (χ3v) is 10.9. The van der Waals surface area contributed by atoms with Gasteiger partial charge in [-0.1, -0.05) is 0 Å². The van der Waals surface area contributed by atoms with Gasteiger partial charge in [0.15, 0.2) is 0 Å². The predicted octanol–water partition coefficient (Wildman–Crippen LogP) is 3.82. The van der Waals surface area contributed by atoms with Gasteiger partial charge in [-0.15, -0.1) is 0 Å². The van der Waals surface area contributed by atoms with Gasteiger partial charge in [0.25, 0.3) is 0 Å². The quantitative estimate of drug-likeness (QED) is 0.616. The summed E-state index contributed by atoms with van der Waals surface area (Å²) in [5.74, 6) is 0. The van der Waals surface area contributed by atoms with Gasteiger partial charge in [-0.25, -0.2) is 0 Å². The van der Waals surface area contributed by atoms with Gasteiger partial charge in [0.05, 0.1) is 0 Å². The summed E-state index contributed by atoms with van der Waals surface area (Å²) in [5, 5.41) is 0. The summed E-state index contributed by atoms with van der Waals surface area (Å²) >= 11 is -1.53. The van der Waals surface area contributed by atoms with E-state index in [0.717, 1.165) is 0 Å². The molecule has 0 radical (unpaired) electrons. The predicted molar refractivity (Wildman–Crippen MR) is 90.9 cm³/mol. The molecule has 0 spiro atoms. The molecule has 1 aliphatic rings. The van der Waals surface area contributed by atoms with Crippen molar-refractivity contribution in [1.29, 1.82) is 0 Å². The van der Waals surface area contributed by atoms with Crippen LogP contribution in [0.3, 0.4) is 0 Å². The second-order valence-electron chi connectivity index (χ2n) is 6.92. The second-order valence-corrected chi connectivity index (χ2v) is 12.8. The van der Waals surface area contributed by atoms with Gasteiger partial charge in [0.2, 0.25) is 0 Å². The molecule has 2 aromatic carbocycles. The molecular weight excluding hydrogens is 350 g/mol. The standard InChI is InChI=1S/C18H20.CH3.Sb/c1-13-11-16(15-9-7-6-8-10-15)12-17(14(13)2)18(3,4)5;;/h6-9,11H,1-5H3;1H3;. The Bertz CT molecular complexity index is 690. The minimum absolute atomic E-state index is 0.237. The fourth-order valence-corrected chi connectivity index (χ4v) is 10.6. The molecule has 0 nitrogen and oxygen atoms in total. The summed E-state index contributed by atoms with van der Waals surface area (Å²) < 4.78 is 3.41. The van der Waals surface area contributed by atoms with Crippen LogP contribution in [-0.4, -0.2) is 20.2 Å². The summed E-state index contributed by atoms with van der Waals surface area (Å²) in [6, 6.07) is 11.5. The molecule has 1 heteroatoms. The average Bonchev–Trinajstić information content (AvgIpc) is 2.64. The molecule has 0 saturated heterocycles. The summed E-state index contributed by atoms with van der Waals surface area (Å²) in [7, 11) is 0. The van der Waals surface area contributed by atoms with E-state index in [-0.39, 0.29) is 5.41 Å².